The van der Waals surface area contributed by atoms with E-state index < -0.39 is 0 Å². The lowest BCUT2D eigenvalue weighted by atomic mass is 10.1. The van der Waals surface area contributed by atoms with E-state index in [4.69, 9.17) is 0 Å². The summed E-state index contributed by atoms with van der Waals surface area (Å²) in [5, 5.41) is 6.43. The topological polar surface area (TPSA) is 55.1 Å². The van der Waals surface area contributed by atoms with Gasteiger partial charge < -0.3 is 9.84 Å². The molecule has 0 saturated carbocycles. The summed E-state index contributed by atoms with van der Waals surface area (Å²) in [6.07, 6.45) is 1.37. The highest BCUT2D eigenvalue weighted by Gasteiger charge is 2.13. The number of benzene rings is 1. The fraction of sp³-hybridized carbons (Fsp3) is 0.167. The van der Waals surface area contributed by atoms with Crippen LogP contribution in [0.4, 0.5) is 0 Å². The van der Waals surface area contributed by atoms with Gasteiger partial charge in [0.2, 0.25) is 0 Å². The lowest BCUT2D eigenvalue weighted by Crippen LogP contribution is -2.26. The Morgan fingerprint density at radius 2 is 2.29 bits per heavy atom. The fourth-order valence-corrected chi connectivity index (χ4v) is 1.88. The van der Waals surface area contributed by atoms with E-state index in [0.717, 1.165) is 10.0 Å². The molecular formula is C12H11BrN2O2. The summed E-state index contributed by atoms with van der Waals surface area (Å²) in [4.78, 5) is 11.7. The van der Waals surface area contributed by atoms with E-state index in [0.29, 0.717) is 0 Å². The number of hydrogen-bond donors (Lipinski definition) is 1. The van der Waals surface area contributed by atoms with Gasteiger partial charge >= 0.3 is 0 Å². The van der Waals surface area contributed by atoms with Gasteiger partial charge in [-0.25, -0.2) is 0 Å². The number of carbonyl (C=O) groups is 1. The van der Waals surface area contributed by atoms with Gasteiger partial charge in [0.15, 0.2) is 5.69 Å². The molecule has 1 heterocycles. The smallest absolute Gasteiger partial charge is 0.273 e. The molecule has 1 unspecified atom stereocenters. The first-order chi connectivity index (χ1) is 8.16. The van der Waals surface area contributed by atoms with E-state index >= 15 is 0 Å². The number of nitrogens with zero attached hydrogens (tertiary/aromatic N) is 1. The summed E-state index contributed by atoms with van der Waals surface area (Å²) in [5.74, 6) is -0.244. The third-order valence-electron chi connectivity index (χ3n) is 2.37. The van der Waals surface area contributed by atoms with Crippen molar-refractivity contribution in [3.8, 4) is 0 Å². The van der Waals surface area contributed by atoms with Crippen molar-refractivity contribution in [2.75, 3.05) is 0 Å². The maximum absolute atomic E-state index is 11.7. The van der Waals surface area contributed by atoms with Crippen LogP contribution >= 0.6 is 15.9 Å². The molecule has 0 aliphatic rings. The lowest BCUT2D eigenvalue weighted by Gasteiger charge is -2.13. The first-order valence-electron chi connectivity index (χ1n) is 5.13. The average Bonchev–Trinajstić information content (AvgIpc) is 2.82. The van der Waals surface area contributed by atoms with E-state index in [9.17, 15) is 4.79 Å². The summed E-state index contributed by atoms with van der Waals surface area (Å²) in [6, 6.07) is 9.24. The maximum atomic E-state index is 11.7. The number of hydrogen-bond acceptors (Lipinski definition) is 3. The molecule has 17 heavy (non-hydrogen) atoms. The predicted molar refractivity (Wildman–Crippen MR) is 66.5 cm³/mol. The highest BCUT2D eigenvalue weighted by Crippen LogP contribution is 2.18. The standard InChI is InChI=1S/C12H11BrN2O2/c1-8(9-3-2-4-10(13)7-9)14-12(16)11-5-6-17-15-11/h2-8H,1H3,(H,14,16). The molecule has 0 bridgehead atoms. The molecular weight excluding hydrogens is 284 g/mol. The van der Waals surface area contributed by atoms with Crippen LogP contribution < -0.4 is 5.32 Å². The molecule has 0 aliphatic carbocycles. The number of rotatable bonds is 3. The van der Waals surface area contributed by atoms with Crippen molar-refractivity contribution >= 4 is 21.8 Å². The number of nitrogens with one attached hydrogen (secondary N) is 1. The predicted octanol–water partition coefficient (Wildman–Crippen LogP) is 2.93. The first kappa shape index (κ1) is 11.9. The third kappa shape index (κ3) is 2.94. The maximum Gasteiger partial charge on any atom is 0.273 e. The Bertz CT molecular complexity index is 511. The molecule has 0 fully saturated rings. The normalized spacial score (nSPS) is 12.1. The van der Waals surface area contributed by atoms with Gasteiger partial charge in [0.05, 0.1) is 6.04 Å². The van der Waals surface area contributed by atoms with Crippen LogP contribution in [0.25, 0.3) is 0 Å². The van der Waals surface area contributed by atoms with Crippen molar-refractivity contribution in [1.29, 1.82) is 0 Å². The van der Waals surface area contributed by atoms with Crippen molar-refractivity contribution in [3.05, 3.63) is 52.3 Å². The van der Waals surface area contributed by atoms with E-state index in [-0.39, 0.29) is 17.6 Å². The summed E-state index contributed by atoms with van der Waals surface area (Å²) in [7, 11) is 0. The number of aromatic nitrogens is 1. The molecule has 4 nitrogen and oxygen atoms in total. The summed E-state index contributed by atoms with van der Waals surface area (Å²) in [6.45, 7) is 1.92. The molecule has 1 aromatic carbocycles. The highest BCUT2D eigenvalue weighted by atomic mass is 79.9. The molecule has 2 aromatic rings. The zero-order valence-corrected chi connectivity index (χ0v) is 10.8. The van der Waals surface area contributed by atoms with Gasteiger partial charge in [0, 0.05) is 10.5 Å². The Labute approximate surface area is 107 Å². The molecule has 1 atom stereocenters. The van der Waals surface area contributed by atoms with Crippen LogP contribution in [0.15, 0.2) is 45.6 Å². The average molecular weight is 295 g/mol. The molecule has 0 aliphatic heterocycles. The van der Waals surface area contributed by atoms with Crippen LogP contribution in [0, 0.1) is 0 Å². The van der Waals surface area contributed by atoms with Crippen LogP contribution in [-0.2, 0) is 0 Å². The van der Waals surface area contributed by atoms with Gasteiger partial charge in [-0.05, 0) is 24.6 Å². The van der Waals surface area contributed by atoms with Gasteiger partial charge in [-0.15, -0.1) is 0 Å². The summed E-state index contributed by atoms with van der Waals surface area (Å²) in [5.41, 5.74) is 1.31. The molecule has 1 amide bonds. The zero-order valence-electron chi connectivity index (χ0n) is 9.18. The lowest BCUT2D eigenvalue weighted by molar-refractivity contribution is 0.0930. The van der Waals surface area contributed by atoms with Crippen molar-refractivity contribution in [1.82, 2.24) is 10.5 Å². The second-order valence-corrected chi connectivity index (χ2v) is 4.55. The van der Waals surface area contributed by atoms with Gasteiger partial charge in [0.25, 0.3) is 5.91 Å². The molecule has 0 saturated heterocycles. The quantitative estimate of drug-likeness (QED) is 0.947. The minimum absolute atomic E-state index is 0.0864. The summed E-state index contributed by atoms with van der Waals surface area (Å²) < 4.78 is 5.61. The van der Waals surface area contributed by atoms with Gasteiger partial charge in [0.1, 0.15) is 6.26 Å². The first-order valence-corrected chi connectivity index (χ1v) is 5.93. The van der Waals surface area contributed by atoms with E-state index in [1.807, 2.05) is 31.2 Å². The van der Waals surface area contributed by atoms with Crippen LogP contribution in [0.5, 0.6) is 0 Å². The van der Waals surface area contributed by atoms with Crippen molar-refractivity contribution < 1.29 is 9.32 Å². The van der Waals surface area contributed by atoms with Crippen molar-refractivity contribution in [2.24, 2.45) is 0 Å². The monoisotopic (exact) mass is 294 g/mol. The number of halogens is 1. The minimum atomic E-state index is -0.244. The van der Waals surface area contributed by atoms with Crippen molar-refractivity contribution in [2.45, 2.75) is 13.0 Å². The van der Waals surface area contributed by atoms with E-state index in [1.54, 1.807) is 0 Å². The Kier molecular flexibility index (Phi) is 3.58. The molecule has 88 valence electrons. The zero-order chi connectivity index (χ0) is 12.3. The van der Waals surface area contributed by atoms with Crippen LogP contribution in [0.3, 0.4) is 0 Å². The fourth-order valence-electron chi connectivity index (χ4n) is 1.46. The highest BCUT2D eigenvalue weighted by molar-refractivity contribution is 9.10. The van der Waals surface area contributed by atoms with E-state index in [2.05, 4.69) is 30.9 Å². The van der Waals surface area contributed by atoms with E-state index in [1.165, 1.54) is 12.3 Å². The SMILES string of the molecule is CC(NC(=O)c1ccon1)c1cccc(Br)c1. The Morgan fingerprint density at radius 3 is 2.94 bits per heavy atom. The molecule has 0 radical (unpaired) electrons. The Morgan fingerprint density at radius 1 is 1.47 bits per heavy atom. The van der Waals surface area contributed by atoms with Crippen LogP contribution in [0.1, 0.15) is 29.0 Å². The van der Waals surface area contributed by atoms with Gasteiger partial charge in [-0.1, -0.05) is 33.2 Å². The largest absolute Gasteiger partial charge is 0.364 e. The minimum Gasteiger partial charge on any atom is -0.364 e. The molecule has 5 heteroatoms. The molecule has 1 aromatic heterocycles. The van der Waals surface area contributed by atoms with Crippen LogP contribution in [0.2, 0.25) is 0 Å². The molecule has 0 spiro atoms. The van der Waals surface area contributed by atoms with Crippen molar-refractivity contribution in [3.63, 3.8) is 0 Å². The number of carbonyl (C=O) groups excluding carboxylic acids is 1. The van der Waals surface area contributed by atoms with Crippen LogP contribution in [-0.4, -0.2) is 11.1 Å². The number of amides is 1. The summed E-state index contributed by atoms with van der Waals surface area (Å²) >= 11 is 3.40. The third-order valence-corrected chi connectivity index (χ3v) is 2.86. The molecule has 1 N–H and O–H groups in total. The van der Waals surface area contributed by atoms with Gasteiger partial charge in [-0.3, -0.25) is 4.79 Å². The van der Waals surface area contributed by atoms with Gasteiger partial charge in [-0.2, -0.15) is 0 Å². The Hall–Kier alpha value is -1.62. The molecule has 2 rings (SSSR count). The Balaban J connectivity index is 2.07. The second kappa shape index (κ2) is 5.14. The second-order valence-electron chi connectivity index (χ2n) is 3.63.